The smallest absolute Gasteiger partial charge is 0.475 e. The highest BCUT2D eigenvalue weighted by atomic mass is 19.4. The molecule has 0 aromatic carbocycles. The maximum Gasteiger partial charge on any atom is 0.490 e. The Labute approximate surface area is 108 Å². The average Bonchev–Trinajstić information content (AvgIpc) is 2.25. The van der Waals surface area contributed by atoms with Gasteiger partial charge in [-0.25, -0.2) is 4.79 Å². The van der Waals surface area contributed by atoms with Gasteiger partial charge in [-0.1, -0.05) is 0 Å². The molecule has 19 heavy (non-hydrogen) atoms. The number of halogens is 3. The van der Waals surface area contributed by atoms with Gasteiger partial charge in [0.1, 0.15) is 5.66 Å². The molecular weight excluding hydrogens is 265 g/mol. The van der Waals surface area contributed by atoms with E-state index >= 15 is 0 Å². The minimum Gasteiger partial charge on any atom is -0.475 e. The molecule has 1 rings (SSSR count). The summed E-state index contributed by atoms with van der Waals surface area (Å²) < 4.78 is 31.7. The van der Waals surface area contributed by atoms with Crippen LogP contribution in [-0.2, 0) is 4.79 Å². The van der Waals surface area contributed by atoms with Gasteiger partial charge in [-0.05, 0) is 31.5 Å². The van der Waals surface area contributed by atoms with Gasteiger partial charge in [0.15, 0.2) is 0 Å². The predicted octanol–water partition coefficient (Wildman–Crippen LogP) is -0.0269. The first-order valence-corrected chi connectivity index (χ1v) is 5.32. The highest BCUT2D eigenvalue weighted by Gasteiger charge is 2.38. The number of carbonyl (C=O) groups is 1. The third-order valence-electron chi connectivity index (χ3n) is 2.09. The molecule has 110 valence electrons. The fourth-order valence-corrected chi connectivity index (χ4v) is 1.22. The fourth-order valence-electron chi connectivity index (χ4n) is 1.22. The highest BCUT2D eigenvalue weighted by molar-refractivity contribution is 5.73. The Bertz CT molecular complexity index is 368. The van der Waals surface area contributed by atoms with Gasteiger partial charge in [0.2, 0.25) is 0 Å². The molecule has 8 N–H and O–H groups in total. The third kappa shape index (κ3) is 7.32. The van der Waals surface area contributed by atoms with Crippen LogP contribution in [0.25, 0.3) is 0 Å². The van der Waals surface area contributed by atoms with E-state index in [1.54, 1.807) is 12.3 Å². The zero-order chi connectivity index (χ0) is 15.1. The molecule has 1 unspecified atom stereocenters. The largest absolute Gasteiger partial charge is 0.490 e. The summed E-state index contributed by atoms with van der Waals surface area (Å²) >= 11 is 0. The zero-order valence-electron chi connectivity index (χ0n) is 10.1. The molecule has 0 saturated heterocycles. The van der Waals surface area contributed by atoms with E-state index in [1.165, 1.54) is 0 Å². The summed E-state index contributed by atoms with van der Waals surface area (Å²) in [4.78, 5) is 8.90. The number of nitrogens with two attached hydrogens (primary N) is 3. The van der Waals surface area contributed by atoms with Crippen molar-refractivity contribution >= 4 is 5.97 Å². The van der Waals surface area contributed by atoms with Crippen molar-refractivity contribution in [3.8, 4) is 0 Å². The number of hydrogen-bond acceptors (Lipinski definition) is 5. The van der Waals surface area contributed by atoms with E-state index in [4.69, 9.17) is 27.1 Å². The molecule has 0 spiro atoms. The third-order valence-corrected chi connectivity index (χ3v) is 2.09. The molecule has 0 radical (unpaired) electrons. The summed E-state index contributed by atoms with van der Waals surface area (Å²) in [5, 5.41) is 10.2. The van der Waals surface area contributed by atoms with Gasteiger partial charge in [0, 0.05) is 11.9 Å². The Morgan fingerprint density at radius 3 is 2.37 bits per heavy atom. The van der Waals surface area contributed by atoms with E-state index in [0.29, 0.717) is 12.2 Å². The molecule has 0 fully saturated rings. The Balaban J connectivity index is 0.000000399. The lowest BCUT2D eigenvalue weighted by molar-refractivity contribution is -0.192. The number of alkyl halides is 3. The van der Waals surface area contributed by atoms with E-state index in [2.05, 4.69) is 5.32 Å². The molecule has 1 aliphatic heterocycles. The van der Waals surface area contributed by atoms with E-state index in [-0.39, 0.29) is 0 Å². The van der Waals surface area contributed by atoms with E-state index in [0.717, 1.165) is 12.8 Å². The molecule has 0 aromatic rings. The summed E-state index contributed by atoms with van der Waals surface area (Å²) in [5.41, 5.74) is 17.2. The second kappa shape index (κ2) is 7.00. The topological polar surface area (TPSA) is 127 Å². The normalized spacial score (nSPS) is 21.8. The first-order valence-electron chi connectivity index (χ1n) is 5.32. The molecule has 1 aliphatic rings. The average molecular weight is 282 g/mol. The fraction of sp³-hybridized carbons (Fsp3) is 0.500. The minimum absolute atomic E-state index is 0.502. The molecule has 1 atom stereocenters. The van der Waals surface area contributed by atoms with Crippen LogP contribution in [0.1, 0.15) is 12.8 Å². The van der Waals surface area contributed by atoms with E-state index in [1.807, 2.05) is 6.08 Å². The highest BCUT2D eigenvalue weighted by Crippen LogP contribution is 2.13. The molecule has 0 aromatic heterocycles. The lowest BCUT2D eigenvalue weighted by Gasteiger charge is -2.29. The predicted molar refractivity (Wildman–Crippen MR) is 63.4 cm³/mol. The number of rotatable bonds is 3. The van der Waals surface area contributed by atoms with Crippen LogP contribution in [0.15, 0.2) is 24.0 Å². The first kappa shape index (κ1) is 17.3. The Morgan fingerprint density at radius 1 is 1.47 bits per heavy atom. The quantitative estimate of drug-likeness (QED) is 0.495. The summed E-state index contributed by atoms with van der Waals surface area (Å²) in [5.74, 6) is -2.76. The van der Waals surface area contributed by atoms with Crippen molar-refractivity contribution in [1.82, 2.24) is 5.32 Å². The zero-order valence-corrected chi connectivity index (χ0v) is 10.1. The van der Waals surface area contributed by atoms with Crippen molar-refractivity contribution in [2.45, 2.75) is 24.7 Å². The Kier molecular flexibility index (Phi) is 6.36. The van der Waals surface area contributed by atoms with Crippen LogP contribution in [0.2, 0.25) is 0 Å². The minimum atomic E-state index is -5.08. The van der Waals surface area contributed by atoms with Gasteiger partial charge in [-0.3, -0.25) is 0 Å². The van der Waals surface area contributed by atoms with E-state index < -0.39 is 17.8 Å². The Hall–Kier alpha value is -1.74. The number of aliphatic carboxylic acids is 1. The van der Waals surface area contributed by atoms with Crippen molar-refractivity contribution in [2.24, 2.45) is 17.2 Å². The van der Waals surface area contributed by atoms with E-state index in [9.17, 15) is 13.2 Å². The summed E-state index contributed by atoms with van der Waals surface area (Å²) in [6.45, 7) is 0.651. The molecule has 0 aliphatic carbocycles. The summed E-state index contributed by atoms with van der Waals surface area (Å²) in [7, 11) is 0. The van der Waals surface area contributed by atoms with Gasteiger partial charge < -0.3 is 27.6 Å². The second-order valence-corrected chi connectivity index (χ2v) is 3.86. The van der Waals surface area contributed by atoms with Crippen molar-refractivity contribution in [3.63, 3.8) is 0 Å². The number of allylic oxidation sites excluding steroid dienone is 1. The molecular formula is C10H17F3N4O2. The summed E-state index contributed by atoms with van der Waals surface area (Å²) in [6.07, 6.45) is 1.98. The number of carboxylic acid groups (broad SMARTS) is 1. The number of dihydropyridines is 1. The second-order valence-electron chi connectivity index (χ2n) is 3.86. The van der Waals surface area contributed by atoms with Gasteiger partial charge in [-0.2, -0.15) is 13.2 Å². The molecule has 6 nitrogen and oxygen atoms in total. The molecule has 0 saturated carbocycles. The van der Waals surface area contributed by atoms with Crippen LogP contribution >= 0.6 is 0 Å². The van der Waals surface area contributed by atoms with Gasteiger partial charge in [0.05, 0.1) is 0 Å². The van der Waals surface area contributed by atoms with Gasteiger partial charge in [-0.15, -0.1) is 0 Å². The van der Waals surface area contributed by atoms with Crippen molar-refractivity contribution in [3.05, 3.63) is 24.0 Å². The monoisotopic (exact) mass is 282 g/mol. The lowest BCUT2D eigenvalue weighted by Crippen LogP contribution is -2.51. The SMILES string of the molecule is NCCCC1(N)C=C(N)C=CN1.O=C(O)C(F)(F)F. The Morgan fingerprint density at radius 2 is 2.00 bits per heavy atom. The maximum absolute atomic E-state index is 10.6. The van der Waals surface area contributed by atoms with Crippen LogP contribution in [0.3, 0.4) is 0 Å². The molecule has 1 heterocycles. The van der Waals surface area contributed by atoms with Crippen LogP contribution < -0.4 is 22.5 Å². The number of nitrogens with one attached hydrogen (secondary N) is 1. The maximum atomic E-state index is 10.6. The van der Waals surface area contributed by atoms with Crippen LogP contribution in [-0.4, -0.2) is 29.5 Å². The summed E-state index contributed by atoms with van der Waals surface area (Å²) in [6, 6.07) is 0. The van der Waals surface area contributed by atoms with Crippen molar-refractivity contribution in [1.29, 1.82) is 0 Å². The molecule has 0 bridgehead atoms. The number of hydrogen-bond donors (Lipinski definition) is 5. The molecule has 0 amide bonds. The van der Waals surface area contributed by atoms with Crippen molar-refractivity contribution < 1.29 is 23.1 Å². The molecule has 9 heteroatoms. The van der Waals surface area contributed by atoms with Gasteiger partial charge in [0.25, 0.3) is 0 Å². The lowest BCUT2D eigenvalue weighted by atomic mass is 10.0. The van der Waals surface area contributed by atoms with Crippen molar-refractivity contribution in [2.75, 3.05) is 6.54 Å². The van der Waals surface area contributed by atoms with Crippen LogP contribution in [0.5, 0.6) is 0 Å². The van der Waals surface area contributed by atoms with Crippen LogP contribution in [0, 0.1) is 0 Å². The number of carboxylic acids is 1. The van der Waals surface area contributed by atoms with Crippen LogP contribution in [0.4, 0.5) is 13.2 Å². The van der Waals surface area contributed by atoms with Gasteiger partial charge >= 0.3 is 12.1 Å². The first-order chi connectivity index (χ1) is 8.60. The standard InChI is InChI=1S/C8H16N4.C2HF3O2/c9-4-1-3-8(11)6-7(10)2-5-12-8;3-2(4,5)1(6)7/h2,5-6,12H,1,3-4,9-11H2;(H,6,7).